The summed E-state index contributed by atoms with van der Waals surface area (Å²) in [6, 6.07) is -5.16. The lowest BCUT2D eigenvalue weighted by molar-refractivity contribution is -0.148. The van der Waals surface area contributed by atoms with Crippen LogP contribution in [-0.2, 0) is 28.8 Å². The van der Waals surface area contributed by atoms with Crippen LogP contribution in [0.3, 0.4) is 0 Å². The average Bonchev–Trinajstić information content (AvgIpc) is 2.44. The van der Waals surface area contributed by atoms with Crippen molar-refractivity contribution in [2.45, 2.75) is 37.4 Å². The van der Waals surface area contributed by atoms with E-state index in [1.807, 2.05) is 10.6 Å². The van der Waals surface area contributed by atoms with Crippen LogP contribution >= 0.6 is 0 Å². The first-order valence-corrected chi connectivity index (χ1v) is 6.68. The van der Waals surface area contributed by atoms with Crippen LogP contribution in [0, 0.1) is 0 Å². The summed E-state index contributed by atoms with van der Waals surface area (Å²) in [6.07, 6.45) is -2.62. The predicted octanol–water partition coefficient (Wildman–Crippen LogP) is -3.21. The van der Waals surface area contributed by atoms with Gasteiger partial charge in [-0.1, -0.05) is 0 Å². The van der Waals surface area contributed by atoms with Crippen molar-refractivity contribution in [1.82, 2.24) is 10.6 Å². The molecule has 140 valence electrons. The number of carboxylic acids is 4. The van der Waals surface area contributed by atoms with Crippen LogP contribution in [0.4, 0.5) is 0 Å². The van der Waals surface area contributed by atoms with Crippen LogP contribution in [0.1, 0.15) is 19.3 Å². The Morgan fingerprint density at radius 3 is 1.56 bits per heavy atom. The van der Waals surface area contributed by atoms with E-state index in [0.717, 1.165) is 0 Å². The molecular weight excluding hydrogens is 346 g/mol. The van der Waals surface area contributed by atoms with E-state index in [4.69, 9.17) is 26.2 Å². The zero-order valence-electron chi connectivity index (χ0n) is 12.7. The van der Waals surface area contributed by atoms with E-state index >= 15 is 0 Å². The number of carbonyl (C=O) groups is 6. The van der Waals surface area contributed by atoms with Gasteiger partial charge in [-0.05, 0) is 0 Å². The van der Waals surface area contributed by atoms with Gasteiger partial charge in [0.1, 0.15) is 12.1 Å². The average molecular weight is 363 g/mol. The van der Waals surface area contributed by atoms with Crippen LogP contribution in [0.5, 0.6) is 0 Å². The van der Waals surface area contributed by atoms with Crippen molar-refractivity contribution in [3.05, 3.63) is 0 Å². The molecule has 0 aliphatic rings. The molecule has 0 aliphatic carbocycles. The molecule has 0 bridgehead atoms. The zero-order chi connectivity index (χ0) is 19.7. The van der Waals surface area contributed by atoms with Gasteiger partial charge in [0, 0.05) is 0 Å². The van der Waals surface area contributed by atoms with Gasteiger partial charge in [-0.3, -0.25) is 19.2 Å². The Hall–Kier alpha value is -3.22. The monoisotopic (exact) mass is 363 g/mol. The molecule has 13 nitrogen and oxygen atoms in total. The van der Waals surface area contributed by atoms with Crippen molar-refractivity contribution in [1.29, 1.82) is 0 Å². The summed E-state index contributed by atoms with van der Waals surface area (Å²) in [5, 5.41) is 38.4. The lowest BCUT2D eigenvalue weighted by atomic mass is 10.1. The summed E-state index contributed by atoms with van der Waals surface area (Å²) in [7, 11) is 0. The Kier molecular flexibility index (Phi) is 8.55. The molecule has 0 saturated carbocycles. The first kappa shape index (κ1) is 21.8. The lowest BCUT2D eigenvalue weighted by Crippen LogP contribution is -2.51. The second-order valence-electron chi connectivity index (χ2n) is 4.86. The van der Waals surface area contributed by atoms with E-state index in [0.29, 0.717) is 0 Å². The number of aliphatic carboxylic acids is 4. The number of nitrogens with one attached hydrogen (secondary N) is 2. The molecule has 25 heavy (non-hydrogen) atoms. The molecule has 0 aromatic carbocycles. The Morgan fingerprint density at radius 1 is 0.720 bits per heavy atom. The van der Waals surface area contributed by atoms with Crippen molar-refractivity contribution in [2.24, 2.45) is 5.73 Å². The highest BCUT2D eigenvalue weighted by molar-refractivity contribution is 5.93. The normalized spacial score (nSPS) is 13.8. The van der Waals surface area contributed by atoms with Gasteiger partial charge in [0.25, 0.3) is 0 Å². The molecule has 2 amide bonds. The van der Waals surface area contributed by atoms with E-state index in [1.54, 1.807) is 0 Å². The molecule has 0 aromatic rings. The van der Waals surface area contributed by atoms with E-state index < -0.39 is 73.1 Å². The number of amides is 2. The number of carbonyl (C=O) groups excluding carboxylic acids is 2. The Balaban J connectivity index is 4.85. The molecule has 0 radical (unpaired) electrons. The minimum absolute atomic E-state index is 0.774. The molecule has 3 unspecified atom stereocenters. The van der Waals surface area contributed by atoms with Gasteiger partial charge in [-0.25, -0.2) is 9.59 Å². The number of hydrogen-bond acceptors (Lipinski definition) is 7. The van der Waals surface area contributed by atoms with Gasteiger partial charge < -0.3 is 36.8 Å². The summed E-state index contributed by atoms with van der Waals surface area (Å²) < 4.78 is 0. The first-order valence-electron chi connectivity index (χ1n) is 6.68. The Labute approximate surface area is 139 Å². The molecule has 3 atom stereocenters. The zero-order valence-corrected chi connectivity index (χ0v) is 12.7. The molecule has 0 aliphatic heterocycles. The SMILES string of the molecule is NC(CC(=O)O)C(=O)NC(CC(=O)NC(CC(=O)O)C(=O)O)C(=O)O. The topological polar surface area (TPSA) is 233 Å². The van der Waals surface area contributed by atoms with Crippen LogP contribution < -0.4 is 16.4 Å². The summed E-state index contributed by atoms with van der Waals surface area (Å²) in [5.74, 6) is -8.48. The second-order valence-corrected chi connectivity index (χ2v) is 4.86. The smallest absolute Gasteiger partial charge is 0.326 e. The molecule has 0 fully saturated rings. The van der Waals surface area contributed by atoms with E-state index in [2.05, 4.69) is 0 Å². The van der Waals surface area contributed by atoms with Gasteiger partial charge in [0.15, 0.2) is 0 Å². The summed E-state index contributed by atoms with van der Waals surface area (Å²) in [4.78, 5) is 66.1. The summed E-state index contributed by atoms with van der Waals surface area (Å²) >= 11 is 0. The third-order valence-electron chi connectivity index (χ3n) is 2.75. The number of hydrogen-bond donors (Lipinski definition) is 7. The number of rotatable bonds is 11. The van der Waals surface area contributed by atoms with Gasteiger partial charge in [0.05, 0.1) is 25.3 Å². The molecule has 0 spiro atoms. The maximum atomic E-state index is 11.7. The van der Waals surface area contributed by atoms with Gasteiger partial charge in [-0.15, -0.1) is 0 Å². The van der Waals surface area contributed by atoms with E-state index in [9.17, 15) is 28.8 Å². The lowest BCUT2D eigenvalue weighted by Gasteiger charge is -2.18. The fraction of sp³-hybridized carbons (Fsp3) is 0.500. The molecule has 0 rings (SSSR count). The highest BCUT2D eigenvalue weighted by atomic mass is 16.4. The van der Waals surface area contributed by atoms with E-state index in [-0.39, 0.29) is 0 Å². The van der Waals surface area contributed by atoms with Crippen LogP contribution in [0.2, 0.25) is 0 Å². The van der Waals surface area contributed by atoms with Crippen molar-refractivity contribution in [2.75, 3.05) is 0 Å². The fourth-order valence-corrected chi connectivity index (χ4v) is 1.57. The third kappa shape index (κ3) is 8.85. The van der Waals surface area contributed by atoms with Crippen molar-refractivity contribution in [3.63, 3.8) is 0 Å². The summed E-state index contributed by atoms with van der Waals surface area (Å²) in [6.45, 7) is 0. The first-order chi connectivity index (χ1) is 11.4. The minimum atomic E-state index is -1.81. The quantitative estimate of drug-likeness (QED) is 0.193. The maximum Gasteiger partial charge on any atom is 0.326 e. The van der Waals surface area contributed by atoms with Crippen molar-refractivity contribution in [3.8, 4) is 0 Å². The molecule has 8 N–H and O–H groups in total. The standard InChI is InChI=1S/C12H17N3O10/c13-4(1-8(17)18)10(21)15-5(11(22)23)2-7(16)14-6(12(24)25)3-9(19)20/h4-6H,1-3,13H2,(H,14,16)(H,15,21)(H,17,18)(H,19,20)(H,22,23)(H,24,25). The second kappa shape index (κ2) is 9.82. The van der Waals surface area contributed by atoms with Crippen LogP contribution in [-0.4, -0.2) is 74.2 Å². The Morgan fingerprint density at radius 2 is 1.16 bits per heavy atom. The largest absolute Gasteiger partial charge is 0.481 e. The van der Waals surface area contributed by atoms with E-state index in [1.165, 1.54) is 0 Å². The Bertz CT molecular complexity index is 575. The van der Waals surface area contributed by atoms with Gasteiger partial charge in [-0.2, -0.15) is 0 Å². The van der Waals surface area contributed by atoms with Crippen LogP contribution in [0.15, 0.2) is 0 Å². The molecule has 13 heteroatoms. The molecule has 0 saturated heterocycles. The highest BCUT2D eigenvalue weighted by Gasteiger charge is 2.29. The van der Waals surface area contributed by atoms with Crippen molar-refractivity contribution < 1.29 is 49.2 Å². The molecule has 0 heterocycles. The fourth-order valence-electron chi connectivity index (χ4n) is 1.57. The minimum Gasteiger partial charge on any atom is -0.481 e. The molecule has 0 aromatic heterocycles. The van der Waals surface area contributed by atoms with Gasteiger partial charge in [0.2, 0.25) is 11.8 Å². The maximum absolute atomic E-state index is 11.7. The van der Waals surface area contributed by atoms with Gasteiger partial charge >= 0.3 is 23.9 Å². The third-order valence-corrected chi connectivity index (χ3v) is 2.75. The summed E-state index contributed by atoms with van der Waals surface area (Å²) in [5.41, 5.74) is 5.24. The predicted molar refractivity (Wildman–Crippen MR) is 76.2 cm³/mol. The molecular formula is C12H17N3O10. The number of nitrogens with two attached hydrogens (primary N) is 1. The highest BCUT2D eigenvalue weighted by Crippen LogP contribution is 1.99. The van der Waals surface area contributed by atoms with Crippen LogP contribution in [0.25, 0.3) is 0 Å². The number of carboxylic acid groups (broad SMARTS) is 4. The van der Waals surface area contributed by atoms with Crippen molar-refractivity contribution >= 4 is 35.7 Å².